The first kappa shape index (κ1) is 24.8. The van der Waals surface area contributed by atoms with Gasteiger partial charge >= 0.3 is 0 Å². The minimum atomic E-state index is -0.833. The molecule has 0 amide bonds. The molecule has 4 nitrogen and oxygen atoms in total. The summed E-state index contributed by atoms with van der Waals surface area (Å²) < 4.78 is 0. The van der Waals surface area contributed by atoms with E-state index in [9.17, 15) is 0 Å². The second-order valence-electron chi connectivity index (χ2n) is 7.62. The Hall–Kier alpha value is -1.19. The summed E-state index contributed by atoms with van der Waals surface area (Å²) in [4.78, 5) is 13.7. The number of carbonyl (C=O) groups is 1. The van der Waals surface area contributed by atoms with Crippen molar-refractivity contribution in [2.75, 3.05) is 20.3 Å². The van der Waals surface area contributed by atoms with Crippen molar-refractivity contribution in [3.8, 4) is 0 Å². The van der Waals surface area contributed by atoms with Gasteiger partial charge < -0.3 is 14.9 Å². The lowest BCUT2D eigenvalue weighted by Crippen LogP contribution is -2.23. The van der Waals surface area contributed by atoms with Crippen molar-refractivity contribution in [3.05, 3.63) is 12.4 Å². The highest BCUT2D eigenvalue weighted by molar-refractivity contribution is 5.62. The maximum absolute atomic E-state index is 9.00. The number of hydrogen-bond acceptors (Lipinski definition) is 3. The second-order valence-corrected chi connectivity index (χ2v) is 7.62. The van der Waals surface area contributed by atoms with Gasteiger partial charge in [0.2, 0.25) is 0 Å². The van der Waals surface area contributed by atoms with E-state index in [0.29, 0.717) is 0 Å². The Morgan fingerprint density at radius 1 is 0.808 bits per heavy atom. The van der Waals surface area contributed by atoms with Gasteiger partial charge in [0.05, 0.1) is 6.67 Å². The summed E-state index contributed by atoms with van der Waals surface area (Å²) in [7, 11) is 2.14. The van der Waals surface area contributed by atoms with E-state index in [2.05, 4.69) is 36.2 Å². The summed E-state index contributed by atoms with van der Waals surface area (Å²) in [5.74, 6) is -0.833. The SMILES string of the molecule is CC(=O)O.CCCCCCCCCCCCCCCCN1C=CN(C)C1. The molecule has 4 heteroatoms. The third-order valence-corrected chi connectivity index (χ3v) is 4.74. The van der Waals surface area contributed by atoms with Crippen molar-refractivity contribution < 1.29 is 9.90 Å². The van der Waals surface area contributed by atoms with Gasteiger partial charge in [-0.25, -0.2) is 0 Å². The van der Waals surface area contributed by atoms with Crippen LogP contribution in [0.25, 0.3) is 0 Å². The van der Waals surface area contributed by atoms with Crippen LogP contribution in [0.2, 0.25) is 0 Å². The highest BCUT2D eigenvalue weighted by Gasteiger charge is 2.06. The predicted molar refractivity (Wildman–Crippen MR) is 112 cm³/mol. The second kappa shape index (κ2) is 18.6. The molecule has 1 aliphatic rings. The van der Waals surface area contributed by atoms with E-state index in [0.717, 1.165) is 13.6 Å². The third kappa shape index (κ3) is 19.1. The molecule has 1 aliphatic heterocycles. The summed E-state index contributed by atoms with van der Waals surface area (Å²) in [6.45, 7) is 5.69. The summed E-state index contributed by atoms with van der Waals surface area (Å²) in [6, 6.07) is 0. The van der Waals surface area contributed by atoms with Crippen molar-refractivity contribution in [2.45, 2.75) is 104 Å². The fraction of sp³-hybridized carbons (Fsp3) is 0.864. The standard InChI is InChI=1S/C20H40N2.C2H4O2/c1-3-4-5-6-7-8-9-10-11-12-13-14-15-16-17-22-19-18-21(2)20-22;1-2(3)4/h18-19H,3-17,20H2,1-2H3;1H3,(H,3,4). The Morgan fingerprint density at radius 3 is 1.54 bits per heavy atom. The molecule has 0 saturated carbocycles. The van der Waals surface area contributed by atoms with Gasteiger partial charge in [-0.1, -0.05) is 90.4 Å². The Morgan fingerprint density at radius 2 is 1.19 bits per heavy atom. The molecule has 0 spiro atoms. The maximum Gasteiger partial charge on any atom is 0.300 e. The van der Waals surface area contributed by atoms with Crippen LogP contribution in [0.1, 0.15) is 104 Å². The van der Waals surface area contributed by atoms with Crippen LogP contribution in [0.15, 0.2) is 12.4 Å². The zero-order chi connectivity index (χ0) is 19.5. The Kier molecular flexibility index (Phi) is 17.7. The number of unbranched alkanes of at least 4 members (excludes halogenated alkanes) is 13. The quantitative estimate of drug-likeness (QED) is 0.348. The Labute approximate surface area is 162 Å². The van der Waals surface area contributed by atoms with Crippen molar-refractivity contribution in [1.82, 2.24) is 9.80 Å². The largest absolute Gasteiger partial charge is 0.481 e. The van der Waals surface area contributed by atoms with Crippen LogP contribution in [0.3, 0.4) is 0 Å². The van der Waals surface area contributed by atoms with E-state index in [1.807, 2.05) is 0 Å². The molecule has 0 aromatic carbocycles. The van der Waals surface area contributed by atoms with Crippen LogP contribution < -0.4 is 0 Å². The van der Waals surface area contributed by atoms with E-state index in [4.69, 9.17) is 9.90 Å². The zero-order valence-corrected chi connectivity index (χ0v) is 17.7. The lowest BCUT2D eigenvalue weighted by atomic mass is 10.0. The van der Waals surface area contributed by atoms with Crippen LogP contribution in [-0.2, 0) is 4.79 Å². The Bertz CT molecular complexity index is 341. The van der Waals surface area contributed by atoms with Gasteiger partial charge in [0.25, 0.3) is 5.97 Å². The van der Waals surface area contributed by atoms with Gasteiger partial charge in [0.15, 0.2) is 0 Å². The molecule has 0 aromatic rings. The number of aliphatic carboxylic acids is 1. The maximum atomic E-state index is 9.00. The zero-order valence-electron chi connectivity index (χ0n) is 17.7. The third-order valence-electron chi connectivity index (χ3n) is 4.74. The summed E-state index contributed by atoms with van der Waals surface area (Å²) in [5, 5.41) is 7.42. The molecule has 1 rings (SSSR count). The van der Waals surface area contributed by atoms with E-state index >= 15 is 0 Å². The van der Waals surface area contributed by atoms with Crippen molar-refractivity contribution >= 4 is 5.97 Å². The molecule has 0 fully saturated rings. The van der Waals surface area contributed by atoms with Crippen LogP contribution in [0.4, 0.5) is 0 Å². The molecule has 0 atom stereocenters. The molecule has 0 aliphatic carbocycles. The highest BCUT2D eigenvalue weighted by atomic mass is 16.4. The van der Waals surface area contributed by atoms with E-state index in [1.54, 1.807) is 0 Å². The van der Waals surface area contributed by atoms with Gasteiger partial charge in [0, 0.05) is 32.9 Å². The van der Waals surface area contributed by atoms with Gasteiger partial charge in [-0.05, 0) is 6.42 Å². The molecule has 0 saturated heterocycles. The summed E-state index contributed by atoms with van der Waals surface area (Å²) >= 11 is 0. The molecule has 1 heterocycles. The van der Waals surface area contributed by atoms with Gasteiger partial charge in [-0.15, -0.1) is 0 Å². The molecule has 26 heavy (non-hydrogen) atoms. The number of hydrogen-bond donors (Lipinski definition) is 1. The molecule has 0 bridgehead atoms. The lowest BCUT2D eigenvalue weighted by molar-refractivity contribution is -0.134. The smallest absolute Gasteiger partial charge is 0.300 e. The fourth-order valence-corrected chi connectivity index (χ4v) is 3.24. The van der Waals surface area contributed by atoms with Gasteiger partial charge in [-0.2, -0.15) is 0 Å². The van der Waals surface area contributed by atoms with Crippen LogP contribution in [-0.4, -0.2) is 41.1 Å². The number of carboxylic acids is 1. The minimum Gasteiger partial charge on any atom is -0.481 e. The molecule has 0 unspecified atom stereocenters. The number of nitrogens with zero attached hydrogens (tertiary/aromatic N) is 2. The molecular formula is C22H44N2O2. The first-order valence-electron chi connectivity index (χ1n) is 10.9. The first-order chi connectivity index (χ1) is 12.6. The number of rotatable bonds is 15. The van der Waals surface area contributed by atoms with E-state index in [1.165, 1.54) is 96.4 Å². The minimum absolute atomic E-state index is 0.833. The van der Waals surface area contributed by atoms with E-state index < -0.39 is 5.97 Å². The van der Waals surface area contributed by atoms with Crippen LogP contribution in [0, 0.1) is 0 Å². The first-order valence-corrected chi connectivity index (χ1v) is 10.9. The molecule has 0 aromatic heterocycles. The topological polar surface area (TPSA) is 43.8 Å². The summed E-state index contributed by atoms with van der Waals surface area (Å²) in [5.41, 5.74) is 0. The average molecular weight is 369 g/mol. The average Bonchev–Trinajstić information content (AvgIpc) is 3.00. The van der Waals surface area contributed by atoms with Gasteiger partial charge in [0.1, 0.15) is 0 Å². The lowest BCUT2D eigenvalue weighted by Gasteiger charge is -2.17. The monoisotopic (exact) mass is 368 g/mol. The molecule has 0 radical (unpaired) electrons. The van der Waals surface area contributed by atoms with Crippen LogP contribution >= 0.6 is 0 Å². The Balaban J connectivity index is 0.00000141. The molecular weight excluding hydrogens is 324 g/mol. The fourth-order valence-electron chi connectivity index (χ4n) is 3.24. The van der Waals surface area contributed by atoms with Crippen molar-refractivity contribution in [1.29, 1.82) is 0 Å². The molecule has 1 N–H and O–H groups in total. The highest BCUT2D eigenvalue weighted by Crippen LogP contribution is 2.13. The number of carboxylic acid groups (broad SMARTS) is 1. The van der Waals surface area contributed by atoms with Crippen molar-refractivity contribution in [3.63, 3.8) is 0 Å². The van der Waals surface area contributed by atoms with Crippen LogP contribution in [0.5, 0.6) is 0 Å². The predicted octanol–water partition coefficient (Wildman–Crippen LogP) is 6.23. The normalized spacial score (nSPS) is 13.0. The van der Waals surface area contributed by atoms with Crippen molar-refractivity contribution in [2.24, 2.45) is 0 Å². The van der Waals surface area contributed by atoms with Gasteiger partial charge in [-0.3, -0.25) is 4.79 Å². The summed E-state index contributed by atoms with van der Waals surface area (Å²) in [6.07, 6.45) is 24.6. The molecule has 154 valence electrons. The van der Waals surface area contributed by atoms with E-state index in [-0.39, 0.29) is 0 Å².